The summed E-state index contributed by atoms with van der Waals surface area (Å²) < 4.78 is 17.1. The molecule has 0 saturated carbocycles. The van der Waals surface area contributed by atoms with E-state index in [0.717, 1.165) is 0 Å². The highest BCUT2D eigenvalue weighted by atomic mass is 19.1. The normalized spacial score (nSPS) is 10.7. The van der Waals surface area contributed by atoms with Crippen LogP contribution in [0.5, 0.6) is 5.75 Å². The SMILES string of the molecule is O=C(C=Cc1ccc([N+](=O)[O-])cc1)c1ccc(OCCF)cc1. The molecule has 0 N–H and O–H groups in total. The summed E-state index contributed by atoms with van der Waals surface area (Å²) in [5, 5.41) is 10.6. The van der Waals surface area contributed by atoms with Crippen LogP contribution >= 0.6 is 0 Å². The van der Waals surface area contributed by atoms with Crippen molar-refractivity contribution in [1.29, 1.82) is 0 Å². The molecule has 5 nitrogen and oxygen atoms in total. The number of carbonyl (C=O) groups is 1. The molecule has 0 saturated heterocycles. The van der Waals surface area contributed by atoms with Gasteiger partial charge in [-0.3, -0.25) is 14.9 Å². The lowest BCUT2D eigenvalue weighted by Gasteiger charge is -2.03. The molecule has 2 aromatic rings. The first kappa shape index (κ1) is 16.4. The highest BCUT2D eigenvalue weighted by Crippen LogP contribution is 2.15. The monoisotopic (exact) mass is 315 g/mol. The van der Waals surface area contributed by atoms with Crippen LogP contribution < -0.4 is 4.74 Å². The van der Waals surface area contributed by atoms with Gasteiger partial charge in [0.25, 0.3) is 5.69 Å². The van der Waals surface area contributed by atoms with Crippen molar-refractivity contribution in [3.05, 3.63) is 75.8 Å². The first-order chi connectivity index (χ1) is 11.1. The smallest absolute Gasteiger partial charge is 0.269 e. The van der Waals surface area contributed by atoms with E-state index in [9.17, 15) is 19.3 Å². The van der Waals surface area contributed by atoms with Crippen LogP contribution in [-0.2, 0) is 0 Å². The van der Waals surface area contributed by atoms with Crippen molar-refractivity contribution in [2.45, 2.75) is 0 Å². The van der Waals surface area contributed by atoms with E-state index in [2.05, 4.69) is 0 Å². The molecule has 0 unspecified atom stereocenters. The van der Waals surface area contributed by atoms with Crippen LogP contribution in [-0.4, -0.2) is 24.0 Å². The van der Waals surface area contributed by atoms with Crippen molar-refractivity contribution in [2.75, 3.05) is 13.3 Å². The van der Waals surface area contributed by atoms with E-state index in [-0.39, 0.29) is 18.1 Å². The Hall–Kier alpha value is -3.02. The first-order valence-electron chi connectivity index (χ1n) is 6.86. The van der Waals surface area contributed by atoms with Gasteiger partial charge >= 0.3 is 0 Å². The lowest BCUT2D eigenvalue weighted by molar-refractivity contribution is -0.384. The van der Waals surface area contributed by atoms with E-state index in [1.165, 1.54) is 18.2 Å². The lowest BCUT2D eigenvalue weighted by Crippen LogP contribution is -1.99. The zero-order valence-electron chi connectivity index (χ0n) is 12.1. The summed E-state index contributed by atoms with van der Waals surface area (Å²) in [6.45, 7) is -0.591. The van der Waals surface area contributed by atoms with Crippen molar-refractivity contribution in [3.63, 3.8) is 0 Å². The van der Waals surface area contributed by atoms with Gasteiger partial charge in [-0.1, -0.05) is 6.08 Å². The summed E-state index contributed by atoms with van der Waals surface area (Å²) in [6.07, 6.45) is 2.97. The maximum Gasteiger partial charge on any atom is 0.269 e. The van der Waals surface area contributed by atoms with Gasteiger partial charge in [0.15, 0.2) is 5.78 Å². The number of hydrogen-bond donors (Lipinski definition) is 0. The molecule has 0 aliphatic carbocycles. The third-order valence-electron chi connectivity index (χ3n) is 3.02. The van der Waals surface area contributed by atoms with Crippen molar-refractivity contribution in [3.8, 4) is 5.75 Å². The van der Waals surface area contributed by atoms with E-state index < -0.39 is 11.6 Å². The molecular formula is C17H14FNO4. The van der Waals surface area contributed by atoms with Gasteiger partial charge in [-0.05, 0) is 48.0 Å². The van der Waals surface area contributed by atoms with Gasteiger partial charge in [0.2, 0.25) is 0 Å². The maximum absolute atomic E-state index is 12.0. The molecule has 0 spiro atoms. The topological polar surface area (TPSA) is 69.4 Å². The predicted molar refractivity (Wildman–Crippen MR) is 84.4 cm³/mol. The fourth-order valence-corrected chi connectivity index (χ4v) is 1.85. The van der Waals surface area contributed by atoms with Gasteiger partial charge < -0.3 is 4.74 Å². The molecule has 118 valence electrons. The van der Waals surface area contributed by atoms with E-state index in [1.54, 1.807) is 42.5 Å². The van der Waals surface area contributed by atoms with Gasteiger partial charge in [0.1, 0.15) is 19.0 Å². The Balaban J connectivity index is 2.01. The quantitative estimate of drug-likeness (QED) is 0.337. The number of allylic oxidation sites excluding steroid dienone is 1. The number of rotatable bonds is 7. The molecule has 0 aliphatic rings. The van der Waals surface area contributed by atoms with E-state index in [4.69, 9.17) is 4.74 Å². The number of benzene rings is 2. The molecule has 23 heavy (non-hydrogen) atoms. The van der Waals surface area contributed by atoms with Crippen molar-refractivity contribution >= 4 is 17.5 Å². The second-order valence-corrected chi connectivity index (χ2v) is 4.61. The van der Waals surface area contributed by atoms with Crippen LogP contribution in [0.1, 0.15) is 15.9 Å². The fourth-order valence-electron chi connectivity index (χ4n) is 1.85. The molecule has 0 amide bonds. The minimum atomic E-state index is -0.571. The maximum atomic E-state index is 12.0. The molecule has 0 fully saturated rings. The number of nitro benzene ring substituents is 1. The standard InChI is InChI=1S/C17H14FNO4/c18-11-12-23-16-8-4-14(5-9-16)17(20)10-3-13-1-6-15(7-2-13)19(21)22/h1-10H,11-12H2. The molecule has 0 aromatic heterocycles. The summed E-state index contributed by atoms with van der Waals surface area (Å²) in [5.74, 6) is 0.291. The second kappa shape index (κ2) is 7.84. The molecule has 2 aromatic carbocycles. The van der Waals surface area contributed by atoms with E-state index in [1.807, 2.05) is 0 Å². The minimum Gasteiger partial charge on any atom is -0.491 e. The molecule has 0 heterocycles. The number of halogens is 1. The number of nitro groups is 1. The Bertz CT molecular complexity index is 708. The number of hydrogen-bond acceptors (Lipinski definition) is 4. The van der Waals surface area contributed by atoms with Crippen LogP contribution in [0.2, 0.25) is 0 Å². The molecule has 0 bridgehead atoms. The Labute approximate surface area is 132 Å². The van der Waals surface area contributed by atoms with Crippen LogP contribution in [0.4, 0.5) is 10.1 Å². The largest absolute Gasteiger partial charge is 0.491 e. The average molecular weight is 315 g/mol. The summed E-state index contributed by atoms with van der Waals surface area (Å²) in [6, 6.07) is 12.3. The van der Waals surface area contributed by atoms with Crippen molar-refractivity contribution in [2.24, 2.45) is 0 Å². The summed E-state index contributed by atoms with van der Waals surface area (Å²) in [4.78, 5) is 22.1. The van der Waals surface area contributed by atoms with Gasteiger partial charge in [-0.25, -0.2) is 4.39 Å². The Morgan fingerprint density at radius 3 is 2.35 bits per heavy atom. The molecule has 0 atom stereocenters. The van der Waals surface area contributed by atoms with Gasteiger partial charge in [-0.2, -0.15) is 0 Å². The van der Waals surface area contributed by atoms with E-state index >= 15 is 0 Å². The Morgan fingerprint density at radius 2 is 1.78 bits per heavy atom. The molecule has 0 radical (unpaired) electrons. The van der Waals surface area contributed by atoms with Gasteiger partial charge in [-0.15, -0.1) is 0 Å². The number of nitrogens with zero attached hydrogens (tertiary/aromatic N) is 1. The number of non-ortho nitro benzene ring substituents is 1. The Morgan fingerprint density at radius 1 is 1.13 bits per heavy atom. The molecular weight excluding hydrogens is 301 g/mol. The van der Waals surface area contributed by atoms with Crippen LogP contribution in [0.25, 0.3) is 6.08 Å². The average Bonchev–Trinajstić information content (AvgIpc) is 2.58. The third kappa shape index (κ3) is 4.74. The summed E-state index contributed by atoms with van der Waals surface area (Å²) in [5.41, 5.74) is 1.15. The number of ketones is 1. The fraction of sp³-hybridized carbons (Fsp3) is 0.118. The lowest BCUT2D eigenvalue weighted by atomic mass is 10.1. The molecule has 0 aliphatic heterocycles. The van der Waals surface area contributed by atoms with Crippen molar-refractivity contribution in [1.82, 2.24) is 0 Å². The molecule has 6 heteroatoms. The first-order valence-corrected chi connectivity index (χ1v) is 6.86. The second-order valence-electron chi connectivity index (χ2n) is 4.61. The van der Waals surface area contributed by atoms with Crippen LogP contribution in [0.3, 0.4) is 0 Å². The van der Waals surface area contributed by atoms with Gasteiger partial charge in [0.05, 0.1) is 4.92 Å². The van der Waals surface area contributed by atoms with Crippen molar-refractivity contribution < 1.29 is 18.8 Å². The minimum absolute atomic E-state index is 0.00246. The van der Waals surface area contributed by atoms with Gasteiger partial charge in [0, 0.05) is 17.7 Å². The third-order valence-corrected chi connectivity index (χ3v) is 3.02. The number of ether oxygens (including phenoxy) is 1. The highest BCUT2D eigenvalue weighted by molar-refractivity contribution is 6.06. The number of carbonyl (C=O) groups excluding carboxylic acids is 1. The van der Waals surface area contributed by atoms with E-state index in [0.29, 0.717) is 16.9 Å². The zero-order chi connectivity index (χ0) is 16.7. The highest BCUT2D eigenvalue weighted by Gasteiger charge is 2.04. The Kier molecular flexibility index (Phi) is 5.57. The predicted octanol–water partition coefficient (Wildman–Crippen LogP) is 3.84. The zero-order valence-corrected chi connectivity index (χ0v) is 12.1. The van der Waals surface area contributed by atoms with Crippen LogP contribution in [0.15, 0.2) is 54.6 Å². The number of alkyl halides is 1. The van der Waals surface area contributed by atoms with Crippen LogP contribution in [0, 0.1) is 10.1 Å². The summed E-state index contributed by atoms with van der Waals surface area (Å²) in [7, 11) is 0. The molecule has 2 rings (SSSR count). The summed E-state index contributed by atoms with van der Waals surface area (Å²) >= 11 is 0.